The van der Waals surface area contributed by atoms with Crippen LogP contribution in [-0.2, 0) is 33.7 Å². The van der Waals surface area contributed by atoms with Gasteiger partial charge in [-0.25, -0.2) is 23.8 Å². The largest absolute Gasteiger partial charge is 0.509 e. The molecule has 3 aromatic rings. The molecule has 1 aliphatic carbocycles. The highest BCUT2D eigenvalue weighted by Gasteiger charge is 2.53. The van der Waals surface area contributed by atoms with Crippen LogP contribution >= 0.6 is 0 Å². The second-order valence-corrected chi connectivity index (χ2v) is 12.6. The van der Waals surface area contributed by atoms with Gasteiger partial charge in [-0.2, -0.15) is 17.6 Å². The van der Waals surface area contributed by atoms with Crippen LogP contribution in [-0.4, -0.2) is 94.9 Å². The lowest BCUT2D eigenvalue weighted by molar-refractivity contribution is -0.163. The Balaban J connectivity index is 1.45. The van der Waals surface area contributed by atoms with E-state index in [1.165, 1.54) is 24.2 Å². The lowest BCUT2D eigenvalue weighted by Crippen LogP contribution is -2.62. The molecule has 2 N–H and O–H groups in total. The topological polar surface area (TPSA) is 120 Å². The molecular formula is C35H38F6N6O5. The molecule has 1 aromatic heterocycles. The van der Waals surface area contributed by atoms with Crippen molar-refractivity contribution in [3.8, 4) is 17.0 Å². The van der Waals surface area contributed by atoms with Crippen molar-refractivity contribution < 1.29 is 50.5 Å². The number of alkyl halides is 4. The minimum Gasteiger partial charge on any atom is -0.509 e. The first-order chi connectivity index (χ1) is 24.7. The van der Waals surface area contributed by atoms with Gasteiger partial charge in [-0.1, -0.05) is 18.9 Å². The summed E-state index contributed by atoms with van der Waals surface area (Å²) in [5.41, 5.74) is -4.07. The van der Waals surface area contributed by atoms with E-state index < -0.39 is 65.3 Å². The molecule has 11 nitrogen and oxygen atoms in total. The van der Waals surface area contributed by atoms with Gasteiger partial charge in [-0.15, -0.1) is 0 Å². The maximum atomic E-state index is 15.5. The summed E-state index contributed by atoms with van der Waals surface area (Å²) in [6.07, 6.45) is -2.01. The Morgan fingerprint density at radius 3 is 2.44 bits per heavy atom. The van der Waals surface area contributed by atoms with Gasteiger partial charge in [0.15, 0.2) is 11.6 Å². The van der Waals surface area contributed by atoms with E-state index in [4.69, 9.17) is 9.47 Å². The normalized spacial score (nSPS) is 16.3. The van der Waals surface area contributed by atoms with E-state index in [0.717, 1.165) is 23.5 Å². The fraction of sp³-hybridized carbons (Fsp3) is 0.429. The zero-order valence-corrected chi connectivity index (χ0v) is 28.7. The fourth-order valence-electron chi connectivity index (χ4n) is 6.37. The summed E-state index contributed by atoms with van der Waals surface area (Å²) in [7, 11) is 4.87. The summed E-state index contributed by atoms with van der Waals surface area (Å²) < 4.78 is 95.7. The number of likely N-dealkylation sites (N-methyl/N-ethyl adjacent to an activating group) is 2. The van der Waals surface area contributed by atoms with Crippen molar-refractivity contribution in [3.05, 3.63) is 82.5 Å². The monoisotopic (exact) mass is 736 g/mol. The van der Waals surface area contributed by atoms with Crippen molar-refractivity contribution in [2.45, 2.75) is 50.6 Å². The molecular weight excluding hydrogens is 698 g/mol. The molecule has 280 valence electrons. The van der Waals surface area contributed by atoms with Gasteiger partial charge in [0.25, 0.3) is 11.8 Å². The maximum Gasteiger partial charge on any atom is 0.416 e. The summed E-state index contributed by atoms with van der Waals surface area (Å²) in [5, 5.41) is 16.4. The van der Waals surface area contributed by atoms with Crippen LogP contribution in [0.2, 0.25) is 0 Å². The minimum absolute atomic E-state index is 0.0587. The lowest BCUT2D eigenvalue weighted by Gasteiger charge is -2.48. The number of nitrogens with one attached hydrogen (secondary N) is 1. The number of rotatable bonds is 13. The zero-order valence-electron chi connectivity index (χ0n) is 28.7. The number of hydrogen-bond acceptors (Lipinski definition) is 9. The molecule has 1 aliphatic heterocycles. The van der Waals surface area contributed by atoms with Gasteiger partial charge in [-0.3, -0.25) is 14.6 Å². The van der Waals surface area contributed by atoms with Crippen LogP contribution in [0.4, 0.5) is 32.0 Å². The van der Waals surface area contributed by atoms with Gasteiger partial charge in [0, 0.05) is 38.4 Å². The number of hydrazine groups is 1. The van der Waals surface area contributed by atoms with E-state index >= 15 is 8.78 Å². The zero-order chi connectivity index (χ0) is 37.8. The highest BCUT2D eigenvalue weighted by Crippen LogP contribution is 2.45. The quantitative estimate of drug-likeness (QED) is 0.165. The average molecular weight is 737 g/mol. The molecule has 0 radical (unpaired) electrons. The highest BCUT2D eigenvalue weighted by atomic mass is 19.4. The van der Waals surface area contributed by atoms with Crippen molar-refractivity contribution in [1.82, 2.24) is 24.9 Å². The first-order valence-electron chi connectivity index (χ1n) is 16.4. The summed E-state index contributed by atoms with van der Waals surface area (Å²) in [6, 6.07) is 5.97. The van der Waals surface area contributed by atoms with Crippen molar-refractivity contribution in [2.24, 2.45) is 0 Å². The smallest absolute Gasteiger partial charge is 0.416 e. The SMILES string of the molecule is COCCN(C)CCOc1ccc(CN2C(=O)C(C(=O)Nc3ccc(C(F)(F)F)cc3-c3cc(CF)ncn3)=C(O)C3(CCCC3)N2C)c(F)c1F. The first-order valence-corrected chi connectivity index (χ1v) is 16.4. The highest BCUT2D eigenvalue weighted by molar-refractivity contribution is 6.24. The molecule has 0 saturated heterocycles. The number of ether oxygens (including phenoxy) is 2. The Kier molecular flexibility index (Phi) is 11.8. The number of aliphatic hydroxyl groups excluding tert-OH is 1. The lowest BCUT2D eigenvalue weighted by atomic mass is 9.88. The van der Waals surface area contributed by atoms with Gasteiger partial charge in [-0.05, 0) is 50.2 Å². The number of amides is 2. The number of carbonyl (C=O) groups excluding carboxylic acids is 2. The molecule has 17 heteroatoms. The van der Waals surface area contributed by atoms with Gasteiger partial charge < -0.3 is 24.8 Å². The second-order valence-electron chi connectivity index (χ2n) is 12.6. The summed E-state index contributed by atoms with van der Waals surface area (Å²) in [4.78, 5) is 37.5. The summed E-state index contributed by atoms with van der Waals surface area (Å²) in [5.74, 6) is -5.68. The van der Waals surface area contributed by atoms with Gasteiger partial charge >= 0.3 is 6.18 Å². The third-order valence-corrected chi connectivity index (χ3v) is 9.35. The summed E-state index contributed by atoms with van der Waals surface area (Å²) >= 11 is 0. The minimum atomic E-state index is -4.78. The van der Waals surface area contributed by atoms with Gasteiger partial charge in [0.1, 0.15) is 30.9 Å². The summed E-state index contributed by atoms with van der Waals surface area (Å²) in [6.45, 7) is -0.0202. The number of aliphatic hydroxyl groups is 1. The Morgan fingerprint density at radius 1 is 1.06 bits per heavy atom. The number of methoxy groups -OCH3 is 1. The van der Waals surface area contributed by atoms with Crippen molar-refractivity contribution in [2.75, 3.05) is 52.8 Å². The molecule has 5 rings (SSSR count). The van der Waals surface area contributed by atoms with Gasteiger partial charge in [0.2, 0.25) is 5.82 Å². The second kappa shape index (κ2) is 15.9. The van der Waals surface area contributed by atoms with Crippen LogP contribution in [0.5, 0.6) is 5.75 Å². The molecule has 1 saturated carbocycles. The molecule has 0 bridgehead atoms. The maximum absolute atomic E-state index is 15.5. The standard InChI is InChI=1S/C35H38F6N6O5/c1-45(12-14-51-3)13-15-52-27-9-6-21(29(37)30(27)38)19-47-33(50)28(31(48)34(46(47)2)10-4-5-11-34)32(49)44-25-8-7-22(35(39,40)41)16-24(25)26-17-23(18-36)42-20-43-26/h6-9,16-17,20,48H,4-5,10-15,18-19H2,1-3H3,(H,44,49). The third kappa shape index (κ3) is 7.85. The van der Waals surface area contributed by atoms with E-state index in [1.807, 2.05) is 11.9 Å². The number of benzene rings is 2. The fourth-order valence-corrected chi connectivity index (χ4v) is 6.37. The number of carbonyl (C=O) groups is 2. The first kappa shape index (κ1) is 38.5. The Labute approximate surface area is 295 Å². The van der Waals surface area contributed by atoms with Crippen LogP contribution < -0.4 is 10.1 Å². The van der Waals surface area contributed by atoms with Gasteiger partial charge in [0.05, 0.1) is 41.3 Å². The predicted octanol–water partition coefficient (Wildman–Crippen LogP) is 5.82. The van der Waals surface area contributed by atoms with Crippen LogP contribution in [0.1, 0.15) is 42.5 Å². The van der Waals surface area contributed by atoms with Crippen molar-refractivity contribution >= 4 is 17.5 Å². The molecule has 0 unspecified atom stereocenters. The number of halogens is 6. The van der Waals surface area contributed by atoms with E-state index in [2.05, 4.69) is 15.3 Å². The van der Waals surface area contributed by atoms with E-state index in [9.17, 15) is 32.3 Å². The number of nitrogens with zero attached hydrogens (tertiary/aromatic N) is 5. The number of anilines is 1. The Hall–Kier alpha value is -4.74. The van der Waals surface area contributed by atoms with Crippen LogP contribution in [0.25, 0.3) is 11.3 Å². The van der Waals surface area contributed by atoms with Crippen molar-refractivity contribution in [1.29, 1.82) is 0 Å². The number of hydrogen-bond donors (Lipinski definition) is 2. The van der Waals surface area contributed by atoms with Crippen LogP contribution in [0.15, 0.2) is 54.1 Å². The third-order valence-electron chi connectivity index (χ3n) is 9.35. The Morgan fingerprint density at radius 2 is 1.77 bits per heavy atom. The molecule has 52 heavy (non-hydrogen) atoms. The molecule has 1 spiro atoms. The Bertz CT molecular complexity index is 1830. The number of aromatic nitrogens is 2. The van der Waals surface area contributed by atoms with Crippen molar-refractivity contribution in [3.63, 3.8) is 0 Å². The van der Waals surface area contributed by atoms with Crippen LogP contribution in [0, 0.1) is 11.6 Å². The van der Waals surface area contributed by atoms with E-state index in [-0.39, 0.29) is 40.6 Å². The molecule has 2 amide bonds. The van der Waals surface area contributed by atoms with E-state index in [0.29, 0.717) is 57.5 Å². The molecule has 2 aromatic carbocycles. The average Bonchev–Trinajstić information content (AvgIpc) is 3.62. The molecule has 2 heterocycles. The van der Waals surface area contributed by atoms with E-state index in [1.54, 1.807) is 7.11 Å². The molecule has 1 fully saturated rings. The predicted molar refractivity (Wildman–Crippen MR) is 176 cm³/mol. The van der Waals surface area contributed by atoms with Crippen LogP contribution in [0.3, 0.4) is 0 Å². The molecule has 0 atom stereocenters. The molecule has 2 aliphatic rings.